The average molecular weight is 281 g/mol. The summed E-state index contributed by atoms with van der Waals surface area (Å²) in [4.78, 5) is 8.74. The summed E-state index contributed by atoms with van der Waals surface area (Å²) in [5.41, 5.74) is 1.32. The maximum atomic E-state index is 5.81. The number of aryl methyl sites for hydroxylation is 1. The van der Waals surface area contributed by atoms with Crippen LogP contribution in [-0.2, 0) is 11.2 Å². The number of nitrogens with zero attached hydrogens (tertiary/aromatic N) is 2. The van der Waals surface area contributed by atoms with Crippen molar-refractivity contribution < 1.29 is 4.74 Å². The summed E-state index contributed by atoms with van der Waals surface area (Å²) in [7, 11) is 2.05. The third-order valence-corrected chi connectivity index (χ3v) is 5.25. The van der Waals surface area contributed by atoms with Crippen molar-refractivity contribution in [2.24, 2.45) is 0 Å². The van der Waals surface area contributed by atoms with Gasteiger partial charge in [-0.1, -0.05) is 11.3 Å². The van der Waals surface area contributed by atoms with Crippen LogP contribution in [0.4, 0.5) is 5.13 Å². The quantitative estimate of drug-likeness (QED) is 0.903. The lowest BCUT2D eigenvalue weighted by Crippen LogP contribution is -2.45. The number of nitrogens with one attached hydrogen (secondary N) is 1. The van der Waals surface area contributed by atoms with E-state index >= 15 is 0 Å². The van der Waals surface area contributed by atoms with Crippen molar-refractivity contribution in [3.05, 3.63) is 10.6 Å². The number of hydrogen-bond donors (Lipinski definition) is 1. The van der Waals surface area contributed by atoms with E-state index in [0.717, 1.165) is 19.5 Å². The van der Waals surface area contributed by atoms with Crippen molar-refractivity contribution in [2.45, 2.75) is 51.4 Å². The van der Waals surface area contributed by atoms with E-state index in [1.54, 1.807) is 0 Å². The van der Waals surface area contributed by atoms with Gasteiger partial charge >= 0.3 is 0 Å². The Bertz CT molecular complexity index is 438. The molecule has 106 valence electrons. The number of anilines is 1. The molecule has 3 unspecified atom stereocenters. The molecule has 0 bridgehead atoms. The molecule has 1 fully saturated rings. The summed E-state index contributed by atoms with van der Waals surface area (Å²) >= 11 is 1.88. The molecular formula is C14H23N3OS. The van der Waals surface area contributed by atoms with Gasteiger partial charge in [0.05, 0.1) is 17.9 Å². The number of ether oxygens (including phenoxy) is 1. The zero-order chi connectivity index (χ0) is 13.4. The fraction of sp³-hybridized carbons (Fsp3) is 0.786. The molecule has 3 atom stereocenters. The van der Waals surface area contributed by atoms with E-state index in [9.17, 15) is 0 Å². The van der Waals surface area contributed by atoms with Crippen molar-refractivity contribution in [2.75, 3.05) is 25.0 Å². The summed E-state index contributed by atoms with van der Waals surface area (Å²) < 4.78 is 5.81. The summed E-state index contributed by atoms with van der Waals surface area (Å²) in [6.45, 7) is 6.21. The molecule has 0 spiro atoms. The van der Waals surface area contributed by atoms with Gasteiger partial charge in [0.25, 0.3) is 0 Å². The molecule has 1 aromatic rings. The molecule has 1 aliphatic heterocycles. The zero-order valence-corrected chi connectivity index (χ0v) is 12.8. The molecule has 2 aliphatic rings. The van der Waals surface area contributed by atoms with Gasteiger partial charge in [-0.2, -0.15) is 0 Å². The van der Waals surface area contributed by atoms with Crippen molar-refractivity contribution in [1.29, 1.82) is 0 Å². The maximum Gasteiger partial charge on any atom is 0.186 e. The first kappa shape index (κ1) is 13.3. The first-order chi connectivity index (χ1) is 9.17. The molecule has 1 aliphatic carbocycles. The first-order valence-electron chi connectivity index (χ1n) is 7.24. The minimum absolute atomic E-state index is 0.296. The number of morpholine rings is 1. The molecule has 19 heavy (non-hydrogen) atoms. The fourth-order valence-electron chi connectivity index (χ4n) is 3.15. The summed E-state index contributed by atoms with van der Waals surface area (Å²) in [5, 5.41) is 4.61. The fourth-order valence-corrected chi connectivity index (χ4v) is 4.43. The molecule has 0 amide bonds. The van der Waals surface area contributed by atoms with Gasteiger partial charge in [-0.05, 0) is 40.2 Å². The Balaban J connectivity index is 1.84. The molecule has 2 heterocycles. The third-order valence-electron chi connectivity index (χ3n) is 3.98. The lowest BCUT2D eigenvalue weighted by molar-refractivity contribution is -0.00523. The molecular weight excluding hydrogens is 258 g/mol. The predicted molar refractivity (Wildman–Crippen MR) is 79.1 cm³/mol. The number of fused-ring (bicyclic) bond motifs is 1. The van der Waals surface area contributed by atoms with Crippen LogP contribution >= 0.6 is 11.3 Å². The second-order valence-electron chi connectivity index (χ2n) is 5.70. The minimum Gasteiger partial charge on any atom is -0.372 e. The topological polar surface area (TPSA) is 37.4 Å². The van der Waals surface area contributed by atoms with Crippen molar-refractivity contribution in [3.63, 3.8) is 0 Å². The number of rotatable bonds is 2. The van der Waals surface area contributed by atoms with Gasteiger partial charge in [-0.15, -0.1) is 0 Å². The number of thiazole rings is 1. The minimum atomic E-state index is 0.296. The average Bonchev–Trinajstić information content (AvgIpc) is 2.81. The molecule has 4 nitrogen and oxygen atoms in total. The van der Waals surface area contributed by atoms with Gasteiger partial charge in [0, 0.05) is 24.0 Å². The van der Waals surface area contributed by atoms with E-state index in [0.29, 0.717) is 18.2 Å². The SMILES string of the molecule is CNC1CCCc2nc(N3CC(C)OC(C)C3)sc21. The van der Waals surface area contributed by atoms with Gasteiger partial charge in [-0.25, -0.2) is 4.98 Å². The van der Waals surface area contributed by atoms with E-state index in [4.69, 9.17) is 9.72 Å². The van der Waals surface area contributed by atoms with E-state index in [1.165, 1.54) is 28.5 Å². The van der Waals surface area contributed by atoms with Gasteiger partial charge in [0.2, 0.25) is 0 Å². The Morgan fingerprint density at radius 3 is 2.74 bits per heavy atom. The number of aromatic nitrogens is 1. The van der Waals surface area contributed by atoms with Crippen molar-refractivity contribution >= 4 is 16.5 Å². The Morgan fingerprint density at radius 1 is 1.32 bits per heavy atom. The highest BCUT2D eigenvalue weighted by molar-refractivity contribution is 7.15. The standard InChI is InChI=1S/C14H23N3OS/c1-9-7-17(8-10(2)18-9)14-16-12-6-4-5-11(15-3)13(12)19-14/h9-11,15H,4-8H2,1-3H3. The lowest BCUT2D eigenvalue weighted by atomic mass is 9.98. The van der Waals surface area contributed by atoms with E-state index in [-0.39, 0.29) is 0 Å². The van der Waals surface area contributed by atoms with Crippen LogP contribution in [-0.4, -0.2) is 37.3 Å². The van der Waals surface area contributed by atoms with Crippen LogP contribution in [0, 0.1) is 0 Å². The maximum absolute atomic E-state index is 5.81. The molecule has 3 rings (SSSR count). The summed E-state index contributed by atoms with van der Waals surface area (Å²) in [6, 6.07) is 0.505. The van der Waals surface area contributed by atoms with Gasteiger partial charge in [0.15, 0.2) is 5.13 Å². The number of hydrogen-bond acceptors (Lipinski definition) is 5. The smallest absolute Gasteiger partial charge is 0.186 e. The van der Waals surface area contributed by atoms with Crippen LogP contribution < -0.4 is 10.2 Å². The first-order valence-corrected chi connectivity index (χ1v) is 8.06. The molecule has 1 N–H and O–H groups in total. The van der Waals surface area contributed by atoms with Crippen LogP contribution in [0.1, 0.15) is 43.3 Å². The third kappa shape index (κ3) is 2.64. The Labute approximate surface area is 119 Å². The molecule has 0 saturated carbocycles. The van der Waals surface area contributed by atoms with Crippen LogP contribution in [0.15, 0.2) is 0 Å². The van der Waals surface area contributed by atoms with Crippen molar-refractivity contribution in [1.82, 2.24) is 10.3 Å². The molecule has 0 radical (unpaired) electrons. The van der Waals surface area contributed by atoms with Crippen LogP contribution in [0.25, 0.3) is 0 Å². The predicted octanol–water partition coefficient (Wildman–Crippen LogP) is 2.35. The highest BCUT2D eigenvalue weighted by Gasteiger charge is 2.28. The van der Waals surface area contributed by atoms with Crippen molar-refractivity contribution in [3.8, 4) is 0 Å². The Morgan fingerprint density at radius 2 is 2.05 bits per heavy atom. The molecule has 1 aromatic heterocycles. The Hall–Kier alpha value is -0.650. The molecule has 0 aromatic carbocycles. The monoisotopic (exact) mass is 281 g/mol. The van der Waals surface area contributed by atoms with Gasteiger partial charge in [0.1, 0.15) is 0 Å². The lowest BCUT2D eigenvalue weighted by Gasteiger charge is -2.35. The largest absolute Gasteiger partial charge is 0.372 e. The van der Waals surface area contributed by atoms with Crippen LogP contribution in [0.2, 0.25) is 0 Å². The van der Waals surface area contributed by atoms with Crippen LogP contribution in [0.3, 0.4) is 0 Å². The highest BCUT2D eigenvalue weighted by atomic mass is 32.1. The van der Waals surface area contributed by atoms with E-state index in [1.807, 2.05) is 11.3 Å². The second-order valence-corrected chi connectivity index (χ2v) is 6.71. The Kier molecular flexibility index (Phi) is 3.78. The molecule has 5 heteroatoms. The van der Waals surface area contributed by atoms with Gasteiger partial charge in [-0.3, -0.25) is 0 Å². The normalized spacial score (nSPS) is 31.3. The van der Waals surface area contributed by atoms with E-state index < -0.39 is 0 Å². The highest BCUT2D eigenvalue weighted by Crippen LogP contribution is 2.38. The van der Waals surface area contributed by atoms with Gasteiger partial charge < -0.3 is 15.0 Å². The summed E-state index contributed by atoms with van der Waals surface area (Å²) in [6.07, 6.45) is 4.22. The van der Waals surface area contributed by atoms with E-state index in [2.05, 4.69) is 31.1 Å². The zero-order valence-electron chi connectivity index (χ0n) is 12.0. The van der Waals surface area contributed by atoms with Crippen LogP contribution in [0.5, 0.6) is 0 Å². The molecule has 1 saturated heterocycles. The second kappa shape index (κ2) is 5.38. The summed E-state index contributed by atoms with van der Waals surface area (Å²) in [5.74, 6) is 0.